The van der Waals surface area contributed by atoms with Gasteiger partial charge in [-0.3, -0.25) is 14.4 Å². The molecule has 6 heteroatoms. The molecule has 0 N–H and O–H groups in total. The highest BCUT2D eigenvalue weighted by Crippen LogP contribution is 2.18. The van der Waals surface area contributed by atoms with Crippen molar-refractivity contribution in [2.45, 2.75) is 361 Å². The van der Waals surface area contributed by atoms with Crippen LogP contribution in [0.3, 0.4) is 0 Å². The van der Waals surface area contributed by atoms with Crippen LogP contribution in [0.15, 0.2) is 85.1 Å². The maximum absolute atomic E-state index is 12.9. The summed E-state index contributed by atoms with van der Waals surface area (Å²) in [6, 6.07) is 0. The van der Waals surface area contributed by atoms with Crippen LogP contribution in [-0.2, 0) is 28.6 Å². The number of unbranched alkanes of at least 4 members (excludes halogenated alkanes) is 39. The van der Waals surface area contributed by atoms with Crippen molar-refractivity contribution in [3.05, 3.63) is 85.1 Å². The van der Waals surface area contributed by atoms with E-state index >= 15 is 0 Å². The summed E-state index contributed by atoms with van der Waals surface area (Å²) in [4.78, 5) is 38.0. The summed E-state index contributed by atoms with van der Waals surface area (Å²) < 4.78 is 16.8. The summed E-state index contributed by atoms with van der Waals surface area (Å²) in [7, 11) is 0. The molecule has 0 bridgehead atoms. The first-order chi connectivity index (χ1) is 40.0. The molecule has 0 aliphatic heterocycles. The average molecular weight is 1130 g/mol. The SMILES string of the molecule is CC/C=C\C/C=C\C/C=C\C/C=C\C/C=C\CCCCCCCCCCCCCC(=O)OC(COC(=O)CCCCCCC)COC(=O)CCCCCCCCCCCCCCCCCCCCC/C=C\C/C=C\CCCCCCC. The molecule has 0 aromatic heterocycles. The smallest absolute Gasteiger partial charge is 0.306 e. The van der Waals surface area contributed by atoms with Crippen molar-refractivity contribution in [1.29, 1.82) is 0 Å². The first-order valence-corrected chi connectivity index (χ1v) is 35.1. The van der Waals surface area contributed by atoms with Gasteiger partial charge in [0.25, 0.3) is 0 Å². The molecule has 0 fully saturated rings. The maximum atomic E-state index is 12.9. The minimum absolute atomic E-state index is 0.0739. The highest BCUT2D eigenvalue weighted by atomic mass is 16.6. The van der Waals surface area contributed by atoms with Gasteiger partial charge in [-0.1, -0.05) is 324 Å². The van der Waals surface area contributed by atoms with Crippen molar-refractivity contribution < 1.29 is 28.6 Å². The van der Waals surface area contributed by atoms with Gasteiger partial charge in [-0.2, -0.15) is 0 Å². The molecule has 1 atom stereocenters. The standard InChI is InChI=1S/C75H132O6/c1-4-7-10-13-15-17-19-21-23-25-27-29-31-33-35-36-37-38-40-41-43-45-47-49-51-53-55-57-59-62-65-68-74(77)80-71-72(70-79-73(76)67-64-61-12-9-6-3)81-75(78)69-66-63-60-58-56-54-52-50-48-46-44-42-39-34-32-30-28-26-24-22-20-18-16-14-11-8-5-2/h8,11,16,18-19,21-22,24-25,27-28,30,34,39,72H,4-7,9-10,12-15,17,20,23,26,29,31-33,35-38,40-71H2,1-3H3/b11-8-,18-16-,21-19-,24-22-,27-25-,30-28-,39-34-. The topological polar surface area (TPSA) is 78.9 Å². The number of hydrogen-bond donors (Lipinski definition) is 0. The molecule has 0 heterocycles. The van der Waals surface area contributed by atoms with Gasteiger partial charge in [-0.05, 0) is 96.3 Å². The van der Waals surface area contributed by atoms with Crippen LogP contribution < -0.4 is 0 Å². The zero-order chi connectivity index (χ0) is 58.5. The van der Waals surface area contributed by atoms with Gasteiger partial charge in [0.15, 0.2) is 6.10 Å². The lowest BCUT2D eigenvalue weighted by atomic mass is 10.0. The van der Waals surface area contributed by atoms with Crippen LogP contribution in [0.25, 0.3) is 0 Å². The molecule has 0 aliphatic carbocycles. The minimum atomic E-state index is -0.774. The summed E-state index contributed by atoms with van der Waals surface area (Å²) in [6.45, 7) is 6.47. The van der Waals surface area contributed by atoms with Gasteiger partial charge < -0.3 is 14.2 Å². The molecular weight excluding hydrogens is 997 g/mol. The second-order valence-corrected chi connectivity index (χ2v) is 23.4. The molecular formula is C75H132O6. The Labute approximate surface area is 503 Å². The van der Waals surface area contributed by atoms with Crippen molar-refractivity contribution in [3.8, 4) is 0 Å². The van der Waals surface area contributed by atoms with Gasteiger partial charge in [0, 0.05) is 19.3 Å². The zero-order valence-electron chi connectivity index (χ0n) is 53.8. The third kappa shape index (κ3) is 67.3. The monoisotopic (exact) mass is 1130 g/mol. The molecule has 0 amide bonds. The molecule has 0 saturated heterocycles. The Hall–Kier alpha value is -3.41. The first kappa shape index (κ1) is 77.6. The molecule has 468 valence electrons. The molecule has 1 unspecified atom stereocenters. The second-order valence-electron chi connectivity index (χ2n) is 23.4. The van der Waals surface area contributed by atoms with E-state index in [0.29, 0.717) is 19.3 Å². The van der Waals surface area contributed by atoms with E-state index in [2.05, 4.69) is 106 Å². The van der Waals surface area contributed by atoms with E-state index in [4.69, 9.17) is 14.2 Å². The van der Waals surface area contributed by atoms with E-state index in [1.54, 1.807) is 0 Å². The highest BCUT2D eigenvalue weighted by molar-refractivity contribution is 5.71. The van der Waals surface area contributed by atoms with Crippen LogP contribution >= 0.6 is 0 Å². The van der Waals surface area contributed by atoms with Gasteiger partial charge in [0.1, 0.15) is 13.2 Å². The van der Waals surface area contributed by atoms with Crippen LogP contribution in [0.5, 0.6) is 0 Å². The molecule has 0 aromatic rings. The summed E-state index contributed by atoms with van der Waals surface area (Å²) in [5.74, 6) is -0.876. The van der Waals surface area contributed by atoms with Crippen LogP contribution in [-0.4, -0.2) is 37.2 Å². The fraction of sp³-hybridized carbons (Fsp3) is 0.773. The van der Waals surface area contributed by atoms with Crippen LogP contribution in [0, 0.1) is 0 Å². The summed E-state index contributed by atoms with van der Waals surface area (Å²) in [5.41, 5.74) is 0. The third-order valence-electron chi connectivity index (χ3n) is 15.4. The van der Waals surface area contributed by atoms with E-state index in [0.717, 1.165) is 103 Å². The zero-order valence-corrected chi connectivity index (χ0v) is 53.8. The highest BCUT2D eigenvalue weighted by Gasteiger charge is 2.19. The molecule has 0 spiro atoms. The number of ether oxygens (including phenoxy) is 3. The Morgan fingerprint density at radius 1 is 0.259 bits per heavy atom. The molecule has 0 aliphatic rings. The fourth-order valence-corrected chi connectivity index (χ4v) is 10.2. The van der Waals surface area contributed by atoms with Gasteiger partial charge in [-0.15, -0.1) is 0 Å². The van der Waals surface area contributed by atoms with Crippen molar-refractivity contribution in [3.63, 3.8) is 0 Å². The predicted octanol–water partition coefficient (Wildman–Crippen LogP) is 24.2. The normalized spacial score (nSPS) is 12.6. The molecule has 0 radical (unpaired) electrons. The number of hydrogen-bond acceptors (Lipinski definition) is 6. The second kappa shape index (κ2) is 69.1. The Kier molecular flexibility index (Phi) is 66.2. The lowest BCUT2D eigenvalue weighted by Crippen LogP contribution is -2.30. The van der Waals surface area contributed by atoms with Crippen LogP contribution in [0.4, 0.5) is 0 Å². The van der Waals surface area contributed by atoms with Gasteiger partial charge in [-0.25, -0.2) is 0 Å². The van der Waals surface area contributed by atoms with E-state index < -0.39 is 6.10 Å². The van der Waals surface area contributed by atoms with Gasteiger partial charge in [0.05, 0.1) is 0 Å². The number of carbonyl (C=O) groups excluding carboxylic acids is 3. The van der Waals surface area contributed by atoms with E-state index in [1.165, 1.54) is 212 Å². The number of allylic oxidation sites excluding steroid dienone is 14. The number of carbonyl (C=O) groups is 3. The van der Waals surface area contributed by atoms with Crippen molar-refractivity contribution in [2.75, 3.05) is 13.2 Å². The van der Waals surface area contributed by atoms with Gasteiger partial charge in [0.2, 0.25) is 0 Å². The van der Waals surface area contributed by atoms with Crippen molar-refractivity contribution >= 4 is 17.9 Å². The van der Waals surface area contributed by atoms with Gasteiger partial charge >= 0.3 is 17.9 Å². The largest absolute Gasteiger partial charge is 0.462 e. The summed E-state index contributed by atoms with van der Waals surface area (Å²) >= 11 is 0. The van der Waals surface area contributed by atoms with Crippen molar-refractivity contribution in [2.24, 2.45) is 0 Å². The van der Waals surface area contributed by atoms with Crippen LogP contribution in [0.1, 0.15) is 355 Å². The lowest BCUT2D eigenvalue weighted by Gasteiger charge is -2.18. The Balaban J connectivity index is 3.96. The molecule has 0 rings (SSSR count). The molecule has 0 aromatic carbocycles. The molecule has 0 saturated carbocycles. The summed E-state index contributed by atoms with van der Waals surface area (Å²) in [6.07, 6.45) is 92.4. The van der Waals surface area contributed by atoms with E-state index in [9.17, 15) is 14.4 Å². The Morgan fingerprint density at radius 2 is 0.481 bits per heavy atom. The fourth-order valence-electron chi connectivity index (χ4n) is 10.2. The maximum Gasteiger partial charge on any atom is 0.306 e. The van der Waals surface area contributed by atoms with E-state index in [1.807, 2.05) is 0 Å². The quantitative estimate of drug-likeness (QED) is 0.0261. The summed E-state index contributed by atoms with van der Waals surface area (Å²) in [5, 5.41) is 0. The average Bonchev–Trinajstić information content (AvgIpc) is 3.47. The Morgan fingerprint density at radius 3 is 0.753 bits per heavy atom. The minimum Gasteiger partial charge on any atom is -0.462 e. The molecule has 81 heavy (non-hydrogen) atoms. The predicted molar refractivity (Wildman–Crippen MR) is 353 cm³/mol. The number of esters is 3. The first-order valence-electron chi connectivity index (χ1n) is 35.1. The van der Waals surface area contributed by atoms with Crippen molar-refractivity contribution in [1.82, 2.24) is 0 Å². The molecule has 6 nitrogen and oxygen atoms in total. The van der Waals surface area contributed by atoms with Crippen LogP contribution in [0.2, 0.25) is 0 Å². The lowest BCUT2D eigenvalue weighted by molar-refractivity contribution is -0.167. The third-order valence-corrected chi connectivity index (χ3v) is 15.4. The number of rotatable bonds is 64. The Bertz CT molecular complexity index is 1530. The van der Waals surface area contributed by atoms with E-state index in [-0.39, 0.29) is 31.1 Å².